The average molecular weight is 243 g/mol. The summed E-state index contributed by atoms with van der Waals surface area (Å²) in [5.41, 5.74) is 2.18. The molecule has 3 aromatic heterocycles. The Hall–Kier alpha value is -2.08. The van der Waals surface area contributed by atoms with Crippen molar-refractivity contribution in [1.82, 2.24) is 25.2 Å². The lowest BCUT2D eigenvalue weighted by molar-refractivity contribution is 0.654. The number of thiophene rings is 1. The Kier molecular flexibility index (Phi) is 2.63. The second-order valence-electron chi connectivity index (χ2n) is 3.53. The smallest absolute Gasteiger partial charge is 0.182 e. The van der Waals surface area contributed by atoms with Gasteiger partial charge in [0.1, 0.15) is 0 Å². The lowest BCUT2D eigenvalue weighted by Gasteiger charge is -2.02. The van der Waals surface area contributed by atoms with Gasteiger partial charge in [-0.3, -0.25) is 4.98 Å². The molecule has 84 valence electrons. The van der Waals surface area contributed by atoms with E-state index in [4.69, 9.17) is 0 Å². The molecule has 3 heterocycles. The van der Waals surface area contributed by atoms with E-state index in [1.165, 1.54) is 5.56 Å². The molecule has 3 aromatic rings. The zero-order valence-electron chi connectivity index (χ0n) is 8.89. The third-order valence-electron chi connectivity index (χ3n) is 2.38. The fourth-order valence-corrected chi connectivity index (χ4v) is 2.23. The molecule has 0 N–H and O–H groups in total. The molecule has 17 heavy (non-hydrogen) atoms. The fourth-order valence-electron chi connectivity index (χ4n) is 1.57. The molecule has 0 unspecified atom stereocenters. The van der Waals surface area contributed by atoms with E-state index < -0.39 is 0 Å². The Bertz CT molecular complexity index is 587. The summed E-state index contributed by atoms with van der Waals surface area (Å²) >= 11 is 1.67. The van der Waals surface area contributed by atoms with Gasteiger partial charge in [0.2, 0.25) is 0 Å². The van der Waals surface area contributed by atoms with Gasteiger partial charge < -0.3 is 0 Å². The van der Waals surface area contributed by atoms with Crippen molar-refractivity contribution in [3.05, 3.63) is 46.9 Å². The topological polar surface area (TPSA) is 56.5 Å². The zero-order chi connectivity index (χ0) is 11.5. The number of hydrogen-bond acceptors (Lipinski definition) is 5. The van der Waals surface area contributed by atoms with Crippen LogP contribution in [0.5, 0.6) is 0 Å². The summed E-state index contributed by atoms with van der Waals surface area (Å²) in [6.07, 6.45) is 3.47. The molecule has 0 aliphatic rings. The molecule has 5 nitrogen and oxygen atoms in total. The van der Waals surface area contributed by atoms with Crippen LogP contribution >= 0.6 is 11.3 Å². The van der Waals surface area contributed by atoms with Gasteiger partial charge in [-0.05, 0) is 44.9 Å². The molecule has 0 saturated heterocycles. The first-order chi connectivity index (χ1) is 8.43. The molecular weight excluding hydrogens is 234 g/mol. The van der Waals surface area contributed by atoms with E-state index in [-0.39, 0.29) is 0 Å². The standard InChI is InChI=1S/C11H9N5S/c1-4-12-5-2-10(1)11-13-14-15-16(11)7-9-3-6-17-8-9/h1-6,8H,7H2. The van der Waals surface area contributed by atoms with Crippen molar-refractivity contribution in [3.63, 3.8) is 0 Å². The van der Waals surface area contributed by atoms with E-state index in [1.807, 2.05) is 17.5 Å². The highest BCUT2D eigenvalue weighted by Gasteiger charge is 2.08. The van der Waals surface area contributed by atoms with Crippen LogP contribution in [0, 0.1) is 0 Å². The first kappa shape index (κ1) is 10.1. The third-order valence-corrected chi connectivity index (χ3v) is 3.11. The van der Waals surface area contributed by atoms with Crippen LogP contribution in [0.4, 0.5) is 0 Å². The predicted octanol–water partition coefficient (Wildman–Crippen LogP) is 1.84. The molecule has 0 aliphatic heterocycles. The minimum Gasteiger partial charge on any atom is -0.265 e. The van der Waals surface area contributed by atoms with Crippen molar-refractivity contribution in [3.8, 4) is 11.4 Å². The summed E-state index contributed by atoms with van der Waals surface area (Å²) in [6.45, 7) is 0.689. The van der Waals surface area contributed by atoms with Gasteiger partial charge in [-0.2, -0.15) is 11.3 Å². The van der Waals surface area contributed by atoms with Crippen molar-refractivity contribution >= 4 is 11.3 Å². The molecule has 3 rings (SSSR count). The van der Waals surface area contributed by atoms with Crippen LogP contribution < -0.4 is 0 Å². The Balaban J connectivity index is 1.95. The maximum Gasteiger partial charge on any atom is 0.182 e. The molecule has 6 heteroatoms. The van der Waals surface area contributed by atoms with E-state index in [0.717, 1.165) is 11.4 Å². The summed E-state index contributed by atoms with van der Waals surface area (Å²) < 4.78 is 1.79. The highest BCUT2D eigenvalue weighted by molar-refractivity contribution is 7.07. The Morgan fingerprint density at radius 2 is 2.06 bits per heavy atom. The first-order valence-corrected chi connectivity index (χ1v) is 6.05. The SMILES string of the molecule is c1cc(-c2nnnn2Cc2ccsc2)ccn1. The van der Waals surface area contributed by atoms with Crippen LogP contribution in [-0.4, -0.2) is 25.2 Å². The highest BCUT2D eigenvalue weighted by atomic mass is 32.1. The number of pyridine rings is 1. The Morgan fingerprint density at radius 1 is 1.18 bits per heavy atom. The monoisotopic (exact) mass is 243 g/mol. The van der Waals surface area contributed by atoms with Crippen molar-refractivity contribution in [1.29, 1.82) is 0 Å². The van der Waals surface area contributed by atoms with Crippen LogP contribution in [0.1, 0.15) is 5.56 Å². The number of tetrazole rings is 1. The quantitative estimate of drug-likeness (QED) is 0.704. The third kappa shape index (κ3) is 2.07. The zero-order valence-corrected chi connectivity index (χ0v) is 9.71. The lowest BCUT2D eigenvalue weighted by atomic mass is 10.2. The van der Waals surface area contributed by atoms with Crippen LogP contribution in [0.25, 0.3) is 11.4 Å². The molecule has 0 spiro atoms. The maximum absolute atomic E-state index is 4.04. The summed E-state index contributed by atoms with van der Waals surface area (Å²) in [6, 6.07) is 5.87. The summed E-state index contributed by atoms with van der Waals surface area (Å²) in [4.78, 5) is 3.98. The molecule has 0 saturated carbocycles. The summed E-state index contributed by atoms with van der Waals surface area (Å²) in [5.74, 6) is 0.763. The van der Waals surface area contributed by atoms with Gasteiger partial charge >= 0.3 is 0 Å². The fraction of sp³-hybridized carbons (Fsp3) is 0.0909. The Labute approximate surface area is 102 Å². The van der Waals surface area contributed by atoms with E-state index in [0.29, 0.717) is 6.54 Å². The average Bonchev–Trinajstić information content (AvgIpc) is 3.02. The van der Waals surface area contributed by atoms with Crippen molar-refractivity contribution in [2.75, 3.05) is 0 Å². The van der Waals surface area contributed by atoms with Crippen LogP contribution in [0.3, 0.4) is 0 Å². The van der Waals surface area contributed by atoms with Crippen molar-refractivity contribution in [2.24, 2.45) is 0 Å². The predicted molar refractivity (Wildman–Crippen MR) is 64.5 cm³/mol. The van der Waals surface area contributed by atoms with Crippen molar-refractivity contribution in [2.45, 2.75) is 6.54 Å². The maximum atomic E-state index is 4.04. The second-order valence-corrected chi connectivity index (χ2v) is 4.31. The van der Waals surface area contributed by atoms with Crippen LogP contribution in [0.2, 0.25) is 0 Å². The molecule has 0 atom stereocenters. The van der Waals surface area contributed by atoms with Gasteiger partial charge in [0.25, 0.3) is 0 Å². The van der Waals surface area contributed by atoms with Gasteiger partial charge in [0.05, 0.1) is 6.54 Å². The van der Waals surface area contributed by atoms with Gasteiger partial charge in [-0.15, -0.1) is 5.10 Å². The largest absolute Gasteiger partial charge is 0.265 e. The number of aromatic nitrogens is 5. The normalized spacial score (nSPS) is 10.6. The Morgan fingerprint density at radius 3 is 2.82 bits per heavy atom. The van der Waals surface area contributed by atoms with Gasteiger partial charge in [-0.25, -0.2) is 4.68 Å². The summed E-state index contributed by atoms with van der Waals surface area (Å²) in [5, 5.41) is 15.9. The second kappa shape index (κ2) is 4.42. The van der Waals surface area contributed by atoms with Crippen LogP contribution in [-0.2, 0) is 6.54 Å². The van der Waals surface area contributed by atoms with Crippen molar-refractivity contribution < 1.29 is 0 Å². The molecular formula is C11H9N5S. The molecule has 0 fully saturated rings. The minimum atomic E-state index is 0.689. The van der Waals surface area contributed by atoms with Gasteiger partial charge in [0, 0.05) is 18.0 Å². The van der Waals surface area contributed by atoms with Crippen LogP contribution in [0.15, 0.2) is 41.4 Å². The first-order valence-electron chi connectivity index (χ1n) is 5.11. The van der Waals surface area contributed by atoms with E-state index in [2.05, 4.69) is 32.0 Å². The summed E-state index contributed by atoms with van der Waals surface area (Å²) in [7, 11) is 0. The van der Waals surface area contributed by atoms with E-state index in [9.17, 15) is 0 Å². The number of rotatable bonds is 3. The molecule has 0 bridgehead atoms. The van der Waals surface area contributed by atoms with Gasteiger partial charge in [-0.1, -0.05) is 0 Å². The van der Waals surface area contributed by atoms with E-state index in [1.54, 1.807) is 28.4 Å². The molecule has 0 radical (unpaired) electrons. The van der Waals surface area contributed by atoms with Gasteiger partial charge in [0.15, 0.2) is 5.82 Å². The number of hydrogen-bond donors (Lipinski definition) is 0. The minimum absolute atomic E-state index is 0.689. The highest BCUT2D eigenvalue weighted by Crippen LogP contribution is 2.16. The molecule has 0 aliphatic carbocycles. The molecule has 0 aromatic carbocycles. The molecule has 0 amide bonds. The van der Waals surface area contributed by atoms with E-state index >= 15 is 0 Å². The number of nitrogens with zero attached hydrogens (tertiary/aromatic N) is 5. The lowest BCUT2D eigenvalue weighted by Crippen LogP contribution is -2.03.